The molecule has 2 saturated heterocycles. The number of fused-ring (bicyclic) bond motifs is 1. The average Bonchev–Trinajstić information content (AvgIpc) is 3.18. The van der Waals surface area contributed by atoms with Crippen molar-refractivity contribution in [1.82, 2.24) is 24.2 Å². The van der Waals surface area contributed by atoms with Crippen molar-refractivity contribution in [3.05, 3.63) is 18.2 Å². The van der Waals surface area contributed by atoms with Gasteiger partial charge in [0.2, 0.25) is 21.9 Å². The van der Waals surface area contributed by atoms with Gasteiger partial charge in [0.1, 0.15) is 5.52 Å². The SMILES string of the molecule is CS(=O)(=O)N1CCN(c2nc(-c3ccc4oc(N)nc4c3)nc(N3CCOCC3)n2)CC1. The fraction of sp³-hybridized carbons (Fsp3) is 0.474. The van der Waals surface area contributed by atoms with Crippen LogP contribution in [0.5, 0.6) is 0 Å². The highest BCUT2D eigenvalue weighted by Gasteiger charge is 2.26. The smallest absolute Gasteiger partial charge is 0.292 e. The Labute approximate surface area is 185 Å². The van der Waals surface area contributed by atoms with E-state index >= 15 is 0 Å². The molecule has 4 heterocycles. The zero-order valence-electron chi connectivity index (χ0n) is 17.6. The Balaban J connectivity index is 1.51. The number of aromatic nitrogens is 4. The van der Waals surface area contributed by atoms with Crippen LogP contribution in [0.2, 0.25) is 0 Å². The number of nitrogen functional groups attached to an aromatic ring is 1. The van der Waals surface area contributed by atoms with Gasteiger partial charge in [-0.25, -0.2) is 8.42 Å². The number of nitrogens with two attached hydrogens (primary N) is 1. The van der Waals surface area contributed by atoms with Crippen molar-refractivity contribution in [1.29, 1.82) is 0 Å². The van der Waals surface area contributed by atoms with Crippen molar-refractivity contribution in [3.63, 3.8) is 0 Å². The summed E-state index contributed by atoms with van der Waals surface area (Å²) in [5, 5.41) is 0. The third-order valence-electron chi connectivity index (χ3n) is 5.56. The minimum absolute atomic E-state index is 0.103. The first-order valence-corrected chi connectivity index (χ1v) is 12.2. The summed E-state index contributed by atoms with van der Waals surface area (Å²) < 4.78 is 36.0. The molecule has 3 aromatic rings. The molecule has 2 fully saturated rings. The van der Waals surface area contributed by atoms with Gasteiger partial charge < -0.3 is 24.7 Å². The molecule has 0 unspecified atom stereocenters. The van der Waals surface area contributed by atoms with Crippen molar-refractivity contribution in [2.75, 3.05) is 74.3 Å². The third kappa shape index (κ3) is 4.18. The lowest BCUT2D eigenvalue weighted by Crippen LogP contribution is -2.49. The van der Waals surface area contributed by atoms with Crippen LogP contribution in [0.4, 0.5) is 17.9 Å². The third-order valence-corrected chi connectivity index (χ3v) is 6.86. The molecule has 13 heteroatoms. The zero-order chi connectivity index (χ0) is 22.3. The Hall–Kier alpha value is -3.03. The summed E-state index contributed by atoms with van der Waals surface area (Å²) in [7, 11) is -3.22. The summed E-state index contributed by atoms with van der Waals surface area (Å²) in [6, 6.07) is 5.58. The van der Waals surface area contributed by atoms with Gasteiger partial charge in [-0.05, 0) is 18.2 Å². The number of sulfonamides is 1. The summed E-state index contributed by atoms with van der Waals surface area (Å²) in [5.41, 5.74) is 7.65. The number of hydrogen-bond acceptors (Lipinski definition) is 11. The molecule has 2 aliphatic heterocycles. The van der Waals surface area contributed by atoms with E-state index in [2.05, 4.69) is 9.88 Å². The van der Waals surface area contributed by atoms with Gasteiger partial charge in [0.15, 0.2) is 11.4 Å². The van der Waals surface area contributed by atoms with Gasteiger partial charge in [-0.1, -0.05) is 0 Å². The lowest BCUT2D eigenvalue weighted by molar-refractivity contribution is 0.122. The molecule has 0 spiro atoms. The highest BCUT2D eigenvalue weighted by Crippen LogP contribution is 2.26. The number of oxazole rings is 1. The van der Waals surface area contributed by atoms with Crippen LogP contribution < -0.4 is 15.5 Å². The molecule has 0 bridgehead atoms. The Morgan fingerprint density at radius 2 is 1.56 bits per heavy atom. The summed E-state index contributed by atoms with van der Waals surface area (Å²) in [6.45, 7) is 4.35. The maximum absolute atomic E-state index is 11.9. The highest BCUT2D eigenvalue weighted by molar-refractivity contribution is 7.88. The Morgan fingerprint density at radius 3 is 2.22 bits per heavy atom. The van der Waals surface area contributed by atoms with Crippen molar-refractivity contribution in [2.45, 2.75) is 0 Å². The largest absolute Gasteiger partial charge is 0.424 e. The number of piperazine rings is 1. The van der Waals surface area contributed by atoms with Gasteiger partial charge >= 0.3 is 0 Å². The molecule has 0 atom stereocenters. The van der Waals surface area contributed by atoms with Crippen molar-refractivity contribution in [2.24, 2.45) is 0 Å². The molecule has 0 radical (unpaired) electrons. The van der Waals surface area contributed by atoms with E-state index in [0.29, 0.717) is 81.3 Å². The second-order valence-electron chi connectivity index (χ2n) is 7.74. The monoisotopic (exact) mass is 460 g/mol. The van der Waals surface area contributed by atoms with E-state index in [0.717, 1.165) is 5.56 Å². The van der Waals surface area contributed by atoms with E-state index in [1.165, 1.54) is 10.6 Å². The number of ether oxygens (including phenoxy) is 1. The number of nitrogens with zero attached hydrogens (tertiary/aromatic N) is 7. The van der Waals surface area contributed by atoms with Gasteiger partial charge in [-0.2, -0.15) is 24.2 Å². The average molecular weight is 461 g/mol. The van der Waals surface area contributed by atoms with Gasteiger partial charge in [-0.3, -0.25) is 0 Å². The van der Waals surface area contributed by atoms with Crippen molar-refractivity contribution >= 4 is 39.0 Å². The van der Waals surface area contributed by atoms with E-state index in [-0.39, 0.29) is 6.01 Å². The lowest BCUT2D eigenvalue weighted by Gasteiger charge is -2.34. The number of anilines is 3. The summed E-state index contributed by atoms with van der Waals surface area (Å²) >= 11 is 0. The molecule has 2 aromatic heterocycles. The molecule has 170 valence electrons. The lowest BCUT2D eigenvalue weighted by atomic mass is 10.2. The molecule has 12 nitrogen and oxygen atoms in total. The Kier molecular flexibility index (Phi) is 5.31. The number of morpholine rings is 1. The van der Waals surface area contributed by atoms with Crippen LogP contribution >= 0.6 is 0 Å². The topological polar surface area (TPSA) is 144 Å². The molecule has 32 heavy (non-hydrogen) atoms. The van der Waals surface area contributed by atoms with E-state index in [4.69, 9.17) is 29.8 Å². The van der Waals surface area contributed by atoms with Crippen LogP contribution in [0.3, 0.4) is 0 Å². The summed E-state index contributed by atoms with van der Waals surface area (Å²) in [4.78, 5) is 22.4. The molecule has 0 aliphatic carbocycles. The molecular weight excluding hydrogens is 436 g/mol. The van der Waals surface area contributed by atoms with Crippen molar-refractivity contribution < 1.29 is 17.6 Å². The van der Waals surface area contributed by atoms with Crippen LogP contribution in [0.15, 0.2) is 22.6 Å². The first-order chi connectivity index (χ1) is 15.4. The van der Waals surface area contributed by atoms with E-state index < -0.39 is 10.0 Å². The second kappa shape index (κ2) is 8.15. The van der Waals surface area contributed by atoms with Crippen LogP contribution in [-0.2, 0) is 14.8 Å². The zero-order valence-corrected chi connectivity index (χ0v) is 18.5. The van der Waals surface area contributed by atoms with Crippen LogP contribution in [0, 0.1) is 0 Å². The molecule has 0 saturated carbocycles. The van der Waals surface area contributed by atoms with E-state index in [1.807, 2.05) is 17.0 Å². The minimum Gasteiger partial charge on any atom is -0.424 e. The quantitative estimate of drug-likeness (QED) is 0.569. The van der Waals surface area contributed by atoms with Gasteiger partial charge in [0, 0.05) is 44.8 Å². The van der Waals surface area contributed by atoms with Gasteiger partial charge in [-0.15, -0.1) is 0 Å². The maximum atomic E-state index is 11.9. The first-order valence-electron chi connectivity index (χ1n) is 10.3. The second-order valence-corrected chi connectivity index (χ2v) is 9.72. The maximum Gasteiger partial charge on any atom is 0.292 e. The number of hydrogen-bond donors (Lipinski definition) is 1. The van der Waals surface area contributed by atoms with Gasteiger partial charge in [0.05, 0.1) is 19.5 Å². The fourth-order valence-corrected chi connectivity index (χ4v) is 4.66. The van der Waals surface area contributed by atoms with Crippen LogP contribution in [-0.4, -0.2) is 91.4 Å². The fourth-order valence-electron chi connectivity index (χ4n) is 3.83. The molecular formula is C19H24N8O4S. The van der Waals surface area contributed by atoms with Crippen LogP contribution in [0.25, 0.3) is 22.5 Å². The van der Waals surface area contributed by atoms with Crippen LogP contribution in [0.1, 0.15) is 0 Å². The van der Waals surface area contributed by atoms with Crippen molar-refractivity contribution in [3.8, 4) is 11.4 Å². The Morgan fingerprint density at radius 1 is 0.906 bits per heavy atom. The van der Waals surface area contributed by atoms with E-state index in [9.17, 15) is 8.42 Å². The summed E-state index contributed by atoms with van der Waals surface area (Å²) in [6.07, 6.45) is 1.23. The number of benzene rings is 1. The molecule has 2 N–H and O–H groups in total. The first kappa shape index (κ1) is 20.8. The highest BCUT2D eigenvalue weighted by atomic mass is 32.2. The van der Waals surface area contributed by atoms with E-state index in [1.54, 1.807) is 6.07 Å². The summed E-state index contributed by atoms with van der Waals surface area (Å²) in [5.74, 6) is 1.59. The predicted octanol–water partition coefficient (Wildman–Crippen LogP) is 0.180. The normalized spacial score (nSPS) is 18.4. The standard InChI is InChI=1S/C19H24N8O4S/c1-32(28,29)27-6-4-25(5-7-27)18-22-16(23-19(24-18)26-8-10-30-11-9-26)13-2-3-15-14(12-13)21-17(20)31-15/h2-3,12H,4-11H2,1H3,(H2,20,21). The minimum atomic E-state index is -3.22. The predicted molar refractivity (Wildman–Crippen MR) is 119 cm³/mol. The number of rotatable bonds is 4. The molecule has 5 rings (SSSR count). The molecule has 2 aliphatic rings. The molecule has 1 aromatic carbocycles. The molecule has 0 amide bonds. The Bertz CT molecular complexity index is 1230. The van der Waals surface area contributed by atoms with Gasteiger partial charge in [0.25, 0.3) is 6.01 Å².